The summed E-state index contributed by atoms with van der Waals surface area (Å²) in [6.07, 6.45) is 2.79. The molecule has 0 aliphatic carbocycles. The number of piperidine rings is 1. The fraction of sp³-hybridized carbons (Fsp3) is 0.700. The van der Waals surface area contributed by atoms with Gasteiger partial charge in [-0.05, 0) is 48.8 Å². The topological polar surface area (TPSA) is 62.2 Å². The first-order valence-corrected chi connectivity index (χ1v) is 9.47. The lowest BCUT2D eigenvalue weighted by atomic mass is 9.70. The lowest BCUT2D eigenvalue weighted by Gasteiger charge is -2.48. The van der Waals surface area contributed by atoms with Gasteiger partial charge in [-0.3, -0.25) is 4.90 Å². The molecule has 5 nitrogen and oxygen atoms in total. The highest BCUT2D eigenvalue weighted by Crippen LogP contribution is 2.39. The number of likely N-dealkylation sites (tertiary alicyclic amines) is 1. The van der Waals surface area contributed by atoms with E-state index in [1.54, 1.807) is 0 Å². The average molecular weight is 349 g/mol. The summed E-state index contributed by atoms with van der Waals surface area (Å²) in [4.78, 5) is 2.42. The van der Waals surface area contributed by atoms with E-state index in [1.165, 1.54) is 5.56 Å². The Labute approximate surface area is 150 Å². The Kier molecular flexibility index (Phi) is 6.34. The Bertz CT molecular complexity index is 546. The summed E-state index contributed by atoms with van der Waals surface area (Å²) in [6.45, 7) is 6.79. The van der Waals surface area contributed by atoms with Gasteiger partial charge in [-0.15, -0.1) is 0 Å². The van der Waals surface area contributed by atoms with Gasteiger partial charge in [0.15, 0.2) is 0 Å². The minimum Gasteiger partial charge on any atom is -0.491 e. The number of benzene rings is 1. The maximum absolute atomic E-state index is 11.3. The highest BCUT2D eigenvalue weighted by molar-refractivity contribution is 5.28. The minimum atomic E-state index is -0.549. The van der Waals surface area contributed by atoms with Crippen LogP contribution in [-0.2, 0) is 11.3 Å². The van der Waals surface area contributed by atoms with Crippen molar-refractivity contribution in [3.05, 3.63) is 29.8 Å². The molecular weight excluding hydrogens is 318 g/mol. The standard InChI is InChI=1S/C20H31NO4/c1-16-14-21(8-7-20(16,23)18-5-10-24-11-6-18)15-17-3-2-4-19(13-17)25-12-9-22/h2-4,13,16,18,22-23H,5-12,14-15H2,1H3. The maximum atomic E-state index is 11.3. The van der Waals surface area contributed by atoms with Gasteiger partial charge in [-0.25, -0.2) is 0 Å². The van der Waals surface area contributed by atoms with Crippen LogP contribution in [0, 0.1) is 11.8 Å². The number of hydrogen-bond acceptors (Lipinski definition) is 5. The number of rotatable bonds is 6. The van der Waals surface area contributed by atoms with Crippen molar-refractivity contribution in [2.24, 2.45) is 11.8 Å². The minimum absolute atomic E-state index is 0.0264. The van der Waals surface area contributed by atoms with Gasteiger partial charge in [0, 0.05) is 32.8 Å². The van der Waals surface area contributed by atoms with Gasteiger partial charge in [-0.2, -0.15) is 0 Å². The SMILES string of the molecule is CC1CN(Cc2cccc(OCCO)c2)CCC1(O)C1CCOCC1. The quantitative estimate of drug-likeness (QED) is 0.823. The van der Waals surface area contributed by atoms with E-state index in [0.29, 0.717) is 12.5 Å². The van der Waals surface area contributed by atoms with Crippen molar-refractivity contribution in [1.29, 1.82) is 0 Å². The molecule has 2 fully saturated rings. The molecule has 0 spiro atoms. The van der Waals surface area contributed by atoms with Gasteiger partial charge in [-0.1, -0.05) is 19.1 Å². The third kappa shape index (κ3) is 4.53. The van der Waals surface area contributed by atoms with Crippen molar-refractivity contribution < 1.29 is 19.7 Å². The molecule has 3 rings (SSSR count). The van der Waals surface area contributed by atoms with Crippen LogP contribution in [-0.4, -0.2) is 60.2 Å². The molecule has 0 bridgehead atoms. The van der Waals surface area contributed by atoms with Gasteiger partial charge in [0.1, 0.15) is 12.4 Å². The molecule has 2 unspecified atom stereocenters. The van der Waals surface area contributed by atoms with E-state index >= 15 is 0 Å². The molecule has 1 aromatic carbocycles. The summed E-state index contributed by atoms with van der Waals surface area (Å²) in [7, 11) is 0. The number of hydrogen-bond donors (Lipinski definition) is 2. The second-order valence-corrected chi connectivity index (χ2v) is 7.48. The molecule has 2 heterocycles. The third-order valence-electron chi connectivity index (χ3n) is 5.81. The van der Waals surface area contributed by atoms with Gasteiger partial charge < -0.3 is 19.7 Å². The van der Waals surface area contributed by atoms with Crippen LogP contribution in [0.4, 0.5) is 0 Å². The molecular formula is C20H31NO4. The Hall–Kier alpha value is -1.14. The number of aliphatic hydroxyl groups excluding tert-OH is 1. The first kappa shape index (κ1) is 18.6. The second-order valence-electron chi connectivity index (χ2n) is 7.48. The van der Waals surface area contributed by atoms with Crippen molar-refractivity contribution in [2.75, 3.05) is 39.5 Å². The molecule has 0 aromatic heterocycles. The zero-order chi connectivity index (χ0) is 17.7. The Morgan fingerprint density at radius 2 is 2.12 bits per heavy atom. The molecule has 140 valence electrons. The van der Waals surface area contributed by atoms with Gasteiger partial charge in [0.2, 0.25) is 0 Å². The number of ether oxygens (including phenoxy) is 2. The average Bonchev–Trinajstić information content (AvgIpc) is 2.64. The fourth-order valence-electron chi connectivity index (χ4n) is 4.32. The molecule has 2 aliphatic rings. The van der Waals surface area contributed by atoms with Gasteiger partial charge in [0.25, 0.3) is 0 Å². The van der Waals surface area contributed by atoms with Crippen molar-refractivity contribution in [3.63, 3.8) is 0 Å². The highest BCUT2D eigenvalue weighted by atomic mass is 16.5. The molecule has 1 aromatic rings. The molecule has 0 radical (unpaired) electrons. The van der Waals surface area contributed by atoms with E-state index in [0.717, 1.165) is 57.9 Å². The van der Waals surface area contributed by atoms with Crippen LogP contribution in [0.25, 0.3) is 0 Å². The normalized spacial score (nSPS) is 28.8. The first-order valence-electron chi connectivity index (χ1n) is 9.47. The number of nitrogens with zero attached hydrogens (tertiary/aromatic N) is 1. The molecule has 2 N–H and O–H groups in total. The van der Waals surface area contributed by atoms with Crippen LogP contribution >= 0.6 is 0 Å². The van der Waals surface area contributed by atoms with Gasteiger partial charge >= 0.3 is 0 Å². The Morgan fingerprint density at radius 3 is 2.84 bits per heavy atom. The van der Waals surface area contributed by atoms with Crippen LogP contribution in [0.1, 0.15) is 31.7 Å². The van der Waals surface area contributed by atoms with E-state index < -0.39 is 5.60 Å². The summed E-state index contributed by atoms with van der Waals surface area (Å²) in [6, 6.07) is 8.06. The summed E-state index contributed by atoms with van der Waals surface area (Å²) in [5.74, 6) is 1.43. The second kappa shape index (κ2) is 8.49. The molecule has 25 heavy (non-hydrogen) atoms. The van der Waals surface area contributed by atoms with E-state index in [9.17, 15) is 5.11 Å². The zero-order valence-electron chi connectivity index (χ0n) is 15.2. The van der Waals surface area contributed by atoms with E-state index in [2.05, 4.69) is 17.9 Å². The Morgan fingerprint density at radius 1 is 1.32 bits per heavy atom. The predicted octanol–water partition coefficient (Wildman–Crippen LogP) is 2.06. The van der Waals surface area contributed by atoms with Crippen LogP contribution in [0.15, 0.2) is 24.3 Å². The van der Waals surface area contributed by atoms with Gasteiger partial charge in [0.05, 0.1) is 12.2 Å². The van der Waals surface area contributed by atoms with Crippen molar-refractivity contribution >= 4 is 0 Å². The van der Waals surface area contributed by atoms with Crippen molar-refractivity contribution in [1.82, 2.24) is 4.90 Å². The smallest absolute Gasteiger partial charge is 0.119 e. The van der Waals surface area contributed by atoms with Crippen molar-refractivity contribution in [2.45, 2.75) is 38.3 Å². The van der Waals surface area contributed by atoms with E-state index in [1.807, 2.05) is 18.2 Å². The Balaban J connectivity index is 1.57. The molecule has 5 heteroatoms. The lowest BCUT2D eigenvalue weighted by molar-refractivity contribution is -0.131. The monoisotopic (exact) mass is 349 g/mol. The summed E-state index contributed by atoms with van der Waals surface area (Å²) < 4.78 is 11.0. The zero-order valence-corrected chi connectivity index (χ0v) is 15.2. The summed E-state index contributed by atoms with van der Waals surface area (Å²) in [5, 5.41) is 20.1. The molecule has 2 aliphatic heterocycles. The summed E-state index contributed by atoms with van der Waals surface area (Å²) in [5.41, 5.74) is 0.658. The predicted molar refractivity (Wildman–Crippen MR) is 96.6 cm³/mol. The van der Waals surface area contributed by atoms with E-state index in [4.69, 9.17) is 14.6 Å². The number of aliphatic hydroxyl groups is 2. The van der Waals surface area contributed by atoms with Crippen LogP contribution < -0.4 is 4.74 Å². The first-order chi connectivity index (χ1) is 12.1. The van der Waals surface area contributed by atoms with E-state index in [-0.39, 0.29) is 12.5 Å². The molecule has 0 amide bonds. The largest absolute Gasteiger partial charge is 0.491 e. The fourth-order valence-corrected chi connectivity index (χ4v) is 4.32. The summed E-state index contributed by atoms with van der Waals surface area (Å²) >= 11 is 0. The van der Waals surface area contributed by atoms with Crippen LogP contribution in [0.2, 0.25) is 0 Å². The lowest BCUT2D eigenvalue weighted by Crippen LogP contribution is -2.55. The molecule has 2 atom stereocenters. The van der Waals surface area contributed by atoms with Crippen LogP contribution in [0.3, 0.4) is 0 Å². The maximum Gasteiger partial charge on any atom is 0.119 e. The van der Waals surface area contributed by atoms with Crippen LogP contribution in [0.5, 0.6) is 5.75 Å². The molecule has 2 saturated heterocycles. The third-order valence-corrected chi connectivity index (χ3v) is 5.81. The molecule has 0 saturated carbocycles. The highest BCUT2D eigenvalue weighted by Gasteiger charge is 2.45. The van der Waals surface area contributed by atoms with Crippen molar-refractivity contribution in [3.8, 4) is 5.75 Å².